The van der Waals surface area contributed by atoms with Crippen LogP contribution in [-0.4, -0.2) is 18.3 Å². The van der Waals surface area contributed by atoms with E-state index in [1.54, 1.807) is 0 Å². The van der Waals surface area contributed by atoms with E-state index in [1.807, 2.05) is 0 Å². The van der Waals surface area contributed by atoms with Gasteiger partial charge in [-0.1, -0.05) is 54.6 Å². The van der Waals surface area contributed by atoms with Crippen molar-refractivity contribution in [1.29, 1.82) is 0 Å². The summed E-state index contributed by atoms with van der Waals surface area (Å²) in [5, 5.41) is 7.74. The van der Waals surface area contributed by atoms with Crippen LogP contribution in [0.15, 0.2) is 54.6 Å². The van der Waals surface area contributed by atoms with E-state index in [4.69, 9.17) is 9.31 Å². The van der Waals surface area contributed by atoms with Gasteiger partial charge in [-0.25, -0.2) is 26.3 Å². The van der Waals surface area contributed by atoms with E-state index in [0.717, 1.165) is 5.46 Å². The maximum atomic E-state index is 12.0. The van der Waals surface area contributed by atoms with Crippen molar-refractivity contribution in [1.82, 2.24) is 0 Å². The summed E-state index contributed by atoms with van der Waals surface area (Å²) in [6, 6.07) is 19.8. The second-order valence-corrected chi connectivity index (χ2v) is 10.0. The fourth-order valence-electron chi connectivity index (χ4n) is 4.47. The molecule has 1 aliphatic heterocycles. The molecule has 0 atom stereocenters. The normalized spacial score (nSPS) is 16.5. The molecule has 0 aromatic heterocycles. The van der Waals surface area contributed by atoms with Crippen LogP contribution in [0.25, 0.3) is 32.3 Å². The quantitative estimate of drug-likeness (QED) is 0.0763. The Morgan fingerprint density at radius 1 is 0.514 bits per heavy atom. The molecule has 1 heterocycles. The fourth-order valence-corrected chi connectivity index (χ4v) is 4.47. The lowest BCUT2D eigenvalue weighted by Crippen LogP contribution is -2.41. The lowest BCUT2D eigenvalue weighted by Gasteiger charge is -2.32. The molecule has 37 heavy (non-hydrogen) atoms. The van der Waals surface area contributed by atoms with Crippen molar-refractivity contribution < 1.29 is 35.7 Å². The van der Waals surface area contributed by atoms with Crippen LogP contribution in [-0.2, 0) is 9.31 Å². The second-order valence-electron chi connectivity index (χ2n) is 10.0. The third-order valence-electron chi connectivity index (χ3n) is 7.17. The smallest absolute Gasteiger partial charge is 0.399 e. The van der Waals surface area contributed by atoms with Gasteiger partial charge >= 0.3 is 7.12 Å². The van der Waals surface area contributed by atoms with Crippen molar-refractivity contribution in [3.8, 4) is 0 Å². The zero-order valence-corrected chi connectivity index (χ0v) is 20.4. The Balaban J connectivity index is 0.000000198. The summed E-state index contributed by atoms with van der Waals surface area (Å²) in [5.74, 6) is -14.2. The Kier molecular flexibility index (Phi) is 5.92. The third-order valence-corrected chi connectivity index (χ3v) is 7.17. The van der Waals surface area contributed by atoms with Crippen LogP contribution in [0.1, 0.15) is 27.7 Å². The minimum absolute atomic E-state index is 0.323. The molecule has 0 spiro atoms. The molecule has 9 heteroatoms. The molecule has 1 saturated heterocycles. The molecule has 0 N–H and O–H groups in total. The van der Waals surface area contributed by atoms with Gasteiger partial charge in [0.25, 0.3) is 0 Å². The van der Waals surface area contributed by atoms with E-state index < -0.39 is 34.9 Å². The Labute approximate surface area is 209 Å². The van der Waals surface area contributed by atoms with E-state index in [0.29, 0.717) is 0 Å². The highest BCUT2D eigenvalue weighted by atomic mass is 19.2. The van der Waals surface area contributed by atoms with Crippen molar-refractivity contribution >= 4 is 44.9 Å². The molecule has 0 bridgehead atoms. The number of hydrogen-bond donors (Lipinski definition) is 0. The van der Waals surface area contributed by atoms with Crippen LogP contribution in [0.2, 0.25) is 0 Å². The van der Waals surface area contributed by atoms with Gasteiger partial charge in [0.1, 0.15) is 0 Å². The van der Waals surface area contributed by atoms with Crippen molar-refractivity contribution in [2.45, 2.75) is 38.9 Å². The van der Waals surface area contributed by atoms with Gasteiger partial charge in [0.2, 0.25) is 34.9 Å². The number of hydrogen-bond acceptors (Lipinski definition) is 2. The molecule has 0 radical (unpaired) electrons. The van der Waals surface area contributed by atoms with Crippen LogP contribution in [0.5, 0.6) is 0 Å². The van der Waals surface area contributed by atoms with Gasteiger partial charge in [-0.05, 0) is 65.5 Å². The fraction of sp³-hybridized carbons (Fsp3) is 0.214. The van der Waals surface area contributed by atoms with Crippen molar-refractivity contribution in [2.75, 3.05) is 0 Å². The lowest BCUT2D eigenvalue weighted by atomic mass is 9.77. The first-order valence-corrected chi connectivity index (χ1v) is 11.5. The molecule has 5 aromatic carbocycles. The van der Waals surface area contributed by atoms with E-state index in [-0.39, 0.29) is 18.3 Å². The van der Waals surface area contributed by atoms with Crippen LogP contribution >= 0.6 is 0 Å². The maximum absolute atomic E-state index is 12.0. The molecule has 0 aliphatic carbocycles. The first kappa shape index (κ1) is 25.4. The lowest BCUT2D eigenvalue weighted by molar-refractivity contribution is 0.00578. The van der Waals surface area contributed by atoms with Crippen molar-refractivity contribution in [3.05, 3.63) is 89.5 Å². The van der Waals surface area contributed by atoms with Crippen LogP contribution in [0, 0.1) is 34.9 Å². The average molecular weight is 514 g/mol. The number of halogens is 6. The molecule has 6 rings (SSSR count). The van der Waals surface area contributed by atoms with Crippen LogP contribution < -0.4 is 5.46 Å². The van der Waals surface area contributed by atoms with Gasteiger partial charge in [0.15, 0.2) is 0 Å². The van der Waals surface area contributed by atoms with Gasteiger partial charge in [0.05, 0.1) is 11.2 Å². The maximum Gasteiger partial charge on any atom is 0.494 e. The predicted molar refractivity (Wildman–Crippen MR) is 132 cm³/mol. The molecule has 0 saturated carbocycles. The summed E-state index contributed by atoms with van der Waals surface area (Å²) in [6.07, 6.45) is 0. The molecule has 1 fully saturated rings. The molecular weight excluding hydrogens is 493 g/mol. The zero-order valence-electron chi connectivity index (χ0n) is 20.4. The van der Waals surface area contributed by atoms with E-state index in [9.17, 15) is 26.3 Å². The number of benzene rings is 5. The molecule has 190 valence electrons. The first-order chi connectivity index (χ1) is 17.3. The summed E-state index contributed by atoms with van der Waals surface area (Å²) in [4.78, 5) is 0. The Bertz CT molecular complexity index is 1480. The van der Waals surface area contributed by atoms with Gasteiger partial charge in [-0.15, -0.1) is 0 Å². The second kappa shape index (κ2) is 8.63. The topological polar surface area (TPSA) is 18.5 Å². The Morgan fingerprint density at radius 2 is 0.838 bits per heavy atom. The zero-order chi connectivity index (χ0) is 26.9. The van der Waals surface area contributed by atoms with Crippen molar-refractivity contribution in [2.24, 2.45) is 0 Å². The Morgan fingerprint density at radius 3 is 1.22 bits per heavy atom. The highest BCUT2D eigenvalue weighted by Gasteiger charge is 2.51. The van der Waals surface area contributed by atoms with Crippen molar-refractivity contribution in [3.63, 3.8) is 0 Å². The van der Waals surface area contributed by atoms with Crippen LogP contribution in [0.3, 0.4) is 0 Å². The molecular formula is C28H21BF6O2. The summed E-state index contributed by atoms with van der Waals surface area (Å²) in [6.45, 7) is 8.38. The summed E-state index contributed by atoms with van der Waals surface area (Å²) in [5.41, 5.74) is 0.441. The van der Waals surface area contributed by atoms with Gasteiger partial charge in [-0.3, -0.25) is 0 Å². The monoisotopic (exact) mass is 514 g/mol. The minimum atomic E-state index is -2.37. The summed E-state index contributed by atoms with van der Waals surface area (Å²) >= 11 is 0. The molecule has 0 amide bonds. The highest BCUT2D eigenvalue weighted by molar-refractivity contribution is 6.62. The summed E-state index contributed by atoms with van der Waals surface area (Å²) < 4.78 is 84.7. The van der Waals surface area contributed by atoms with Gasteiger partial charge < -0.3 is 9.31 Å². The third kappa shape index (κ3) is 4.01. The average Bonchev–Trinajstić information content (AvgIpc) is 3.10. The molecule has 1 aliphatic rings. The standard InChI is InChI=1S/C22H21BO2.C6F6/c1-21(2)22(3,4)25-23(24-21)18-12-16-10-8-14-6-5-7-15-9-11-17(13-18)20(16)19(14)15;7-1-2(8)4(10)6(12)5(11)3(1)9/h5-13H,1-4H3;. The van der Waals surface area contributed by atoms with E-state index >= 15 is 0 Å². The minimum Gasteiger partial charge on any atom is -0.399 e. The molecule has 0 unspecified atom stereocenters. The Hall–Kier alpha value is -3.30. The molecule has 5 aromatic rings. The van der Waals surface area contributed by atoms with E-state index in [2.05, 4.69) is 82.3 Å². The van der Waals surface area contributed by atoms with Gasteiger partial charge in [-0.2, -0.15) is 0 Å². The predicted octanol–water partition coefficient (Wildman–Crippen LogP) is 7.40. The molecule has 2 nitrogen and oxygen atoms in total. The summed E-state index contributed by atoms with van der Waals surface area (Å²) in [7, 11) is -0.327. The first-order valence-electron chi connectivity index (χ1n) is 11.5. The largest absolute Gasteiger partial charge is 0.494 e. The highest BCUT2D eigenvalue weighted by Crippen LogP contribution is 2.38. The number of rotatable bonds is 1. The SMILES string of the molecule is CC1(C)OB(c2cc3ccc4cccc5ccc(c2)c3c45)OC1(C)C.Fc1c(F)c(F)c(F)c(F)c1F. The van der Waals surface area contributed by atoms with Crippen LogP contribution in [0.4, 0.5) is 26.3 Å². The van der Waals surface area contributed by atoms with Gasteiger partial charge in [0, 0.05) is 0 Å². The van der Waals surface area contributed by atoms with E-state index in [1.165, 1.54) is 32.3 Å².